The number of hydrogen-bond donors (Lipinski definition) is 5. The molecule has 2 fully saturated rings. The summed E-state index contributed by atoms with van der Waals surface area (Å²) in [6.45, 7) is 11.5. The number of carbonyl (C=O) groups is 2. The van der Waals surface area contributed by atoms with Crippen molar-refractivity contribution in [3.05, 3.63) is 24.3 Å². The Balaban J connectivity index is 1.85. The topological polar surface area (TPSA) is 200 Å². The molecule has 2 saturated heterocycles. The van der Waals surface area contributed by atoms with Crippen LogP contribution in [0.3, 0.4) is 0 Å². The average molecular weight is 717 g/mol. The van der Waals surface area contributed by atoms with Crippen molar-refractivity contribution in [1.29, 1.82) is 0 Å². The second-order valence-electron chi connectivity index (χ2n) is 14.5. The third-order valence-corrected chi connectivity index (χ3v) is 10.3. The van der Waals surface area contributed by atoms with Gasteiger partial charge in [-0.15, -0.1) is 0 Å². The zero-order valence-electron chi connectivity index (χ0n) is 30.8. The Labute approximate surface area is 295 Å². The standard InChI is InChI=1S/C36H60O14/c1-19-14-15-27(39)48-22(4)25(18-46-33-31(45-9)30(44-8)28(40)23(5)49-33)12-10-11-13-26(38)35(7,42)16-20(2)29(19)50-34-32(41)36(43,24(6)37)17-21(3)47-34/h10,12,14-15,19-25,28-34,37,40-43H,11,13,16-18H2,1-9H3/t19-,20-,21+,22+,23+,24-,25+,28+,29+,30+,31+,32-,33+,34-,35-,36-/m0/s1. The van der Waals surface area contributed by atoms with Gasteiger partial charge in [-0.3, -0.25) is 4.79 Å². The minimum atomic E-state index is -1.89. The summed E-state index contributed by atoms with van der Waals surface area (Å²) in [5.41, 5.74) is -3.62. The van der Waals surface area contributed by atoms with E-state index >= 15 is 0 Å². The molecule has 0 bridgehead atoms. The minimum Gasteiger partial charge on any atom is -0.459 e. The first-order chi connectivity index (χ1) is 23.4. The summed E-state index contributed by atoms with van der Waals surface area (Å²) >= 11 is 0. The monoisotopic (exact) mass is 716 g/mol. The normalized spacial score (nSPS) is 44.9. The van der Waals surface area contributed by atoms with Gasteiger partial charge in [0.15, 0.2) is 18.4 Å². The van der Waals surface area contributed by atoms with Gasteiger partial charge in [0, 0.05) is 45.0 Å². The smallest absolute Gasteiger partial charge is 0.330 e. The van der Waals surface area contributed by atoms with Gasteiger partial charge in [-0.2, -0.15) is 0 Å². The number of allylic oxidation sites excluding steroid dienone is 1. The van der Waals surface area contributed by atoms with Crippen molar-refractivity contribution in [2.24, 2.45) is 17.8 Å². The Bertz CT molecular complexity index is 1160. The van der Waals surface area contributed by atoms with Crippen molar-refractivity contribution in [2.45, 2.75) is 153 Å². The van der Waals surface area contributed by atoms with Crippen LogP contribution in [0.15, 0.2) is 24.3 Å². The van der Waals surface area contributed by atoms with Crippen LogP contribution in [0.25, 0.3) is 0 Å². The Morgan fingerprint density at radius 2 is 1.58 bits per heavy atom. The second-order valence-corrected chi connectivity index (χ2v) is 14.5. The van der Waals surface area contributed by atoms with E-state index in [1.807, 2.05) is 0 Å². The van der Waals surface area contributed by atoms with Gasteiger partial charge in [0.25, 0.3) is 0 Å². The minimum absolute atomic E-state index is 0.00692. The van der Waals surface area contributed by atoms with E-state index in [1.54, 1.807) is 52.8 Å². The second kappa shape index (κ2) is 18.3. The van der Waals surface area contributed by atoms with Gasteiger partial charge in [0.1, 0.15) is 41.7 Å². The summed E-state index contributed by atoms with van der Waals surface area (Å²) in [6, 6.07) is 0. The number of hydrogen-bond acceptors (Lipinski definition) is 14. The van der Waals surface area contributed by atoms with Crippen LogP contribution in [-0.2, 0) is 42.7 Å². The van der Waals surface area contributed by atoms with E-state index in [9.17, 15) is 35.1 Å². The molecule has 0 unspecified atom stereocenters. The van der Waals surface area contributed by atoms with Crippen LogP contribution in [0.5, 0.6) is 0 Å². The molecule has 0 saturated carbocycles. The molecule has 0 aromatic rings. The molecule has 3 aliphatic heterocycles. The maximum atomic E-state index is 13.3. The maximum Gasteiger partial charge on any atom is 0.330 e. The fraction of sp³-hybridized carbons (Fsp3) is 0.833. The van der Waals surface area contributed by atoms with Crippen molar-refractivity contribution >= 4 is 11.8 Å². The zero-order chi connectivity index (χ0) is 37.6. The van der Waals surface area contributed by atoms with Crippen LogP contribution in [0.2, 0.25) is 0 Å². The molecule has 0 aliphatic carbocycles. The third kappa shape index (κ3) is 10.4. The van der Waals surface area contributed by atoms with Crippen LogP contribution in [-0.4, -0.2) is 137 Å². The van der Waals surface area contributed by atoms with Crippen LogP contribution < -0.4 is 0 Å². The highest BCUT2D eigenvalue weighted by atomic mass is 16.7. The predicted octanol–water partition coefficient (Wildman–Crippen LogP) is 1.57. The lowest BCUT2D eigenvalue weighted by Gasteiger charge is -2.47. The van der Waals surface area contributed by atoms with E-state index in [1.165, 1.54) is 34.1 Å². The van der Waals surface area contributed by atoms with Crippen molar-refractivity contribution in [1.82, 2.24) is 0 Å². The molecule has 0 spiro atoms. The highest BCUT2D eigenvalue weighted by Crippen LogP contribution is 2.36. The third-order valence-electron chi connectivity index (χ3n) is 10.3. The predicted molar refractivity (Wildman–Crippen MR) is 179 cm³/mol. The molecule has 0 radical (unpaired) electrons. The molecule has 0 amide bonds. The number of carbonyl (C=O) groups excluding carboxylic acids is 2. The Kier molecular flexibility index (Phi) is 15.6. The van der Waals surface area contributed by atoms with Gasteiger partial charge >= 0.3 is 5.97 Å². The number of ketones is 1. The van der Waals surface area contributed by atoms with E-state index in [0.29, 0.717) is 6.42 Å². The number of esters is 1. The highest BCUT2D eigenvalue weighted by Gasteiger charge is 2.52. The molecule has 16 atom stereocenters. The van der Waals surface area contributed by atoms with Gasteiger partial charge < -0.3 is 58.7 Å². The largest absolute Gasteiger partial charge is 0.459 e. The summed E-state index contributed by atoms with van der Waals surface area (Å²) in [5.74, 6) is -2.51. The number of methoxy groups -OCH3 is 2. The number of ether oxygens (including phenoxy) is 7. The lowest BCUT2D eigenvalue weighted by atomic mass is 9.81. The fourth-order valence-corrected chi connectivity index (χ4v) is 7.08. The SMILES string of the molecule is CO[C@@H]1[C@H](O)[C@@H](C)O[C@@H](OC[C@H]2C=CCCC(=O)[C@@](C)(O)C[C@H](C)[C@H](O[C@@H]3O[C@H](C)C[C@](O)([C@H](C)O)[C@H]3O)[C@@H](C)C=CC(=O)O[C@@H]2C)[C@@H]1OC. The number of cyclic esters (lactones) is 1. The van der Waals surface area contributed by atoms with Crippen LogP contribution >= 0.6 is 0 Å². The average Bonchev–Trinajstić information content (AvgIpc) is 3.04. The molecular weight excluding hydrogens is 656 g/mol. The molecule has 14 heteroatoms. The first-order valence-corrected chi connectivity index (χ1v) is 17.6. The van der Waals surface area contributed by atoms with Crippen molar-refractivity contribution in [2.75, 3.05) is 20.8 Å². The molecule has 50 heavy (non-hydrogen) atoms. The lowest BCUT2D eigenvalue weighted by Crippen LogP contribution is -2.63. The first-order valence-electron chi connectivity index (χ1n) is 17.6. The lowest BCUT2D eigenvalue weighted by molar-refractivity contribution is -0.322. The Morgan fingerprint density at radius 3 is 2.20 bits per heavy atom. The molecule has 0 aromatic carbocycles. The van der Waals surface area contributed by atoms with E-state index < -0.39 is 102 Å². The summed E-state index contributed by atoms with van der Waals surface area (Å²) in [4.78, 5) is 26.4. The van der Waals surface area contributed by atoms with E-state index in [0.717, 1.165) is 0 Å². The Morgan fingerprint density at radius 1 is 0.920 bits per heavy atom. The molecule has 3 aliphatic rings. The maximum absolute atomic E-state index is 13.3. The molecule has 3 rings (SSSR count). The van der Waals surface area contributed by atoms with Gasteiger partial charge in [0.05, 0.1) is 31.0 Å². The van der Waals surface area contributed by atoms with Gasteiger partial charge in [0.2, 0.25) is 0 Å². The van der Waals surface area contributed by atoms with E-state index in [4.69, 9.17) is 33.2 Å². The number of aliphatic hydroxyl groups is 5. The van der Waals surface area contributed by atoms with Crippen LogP contribution in [0.4, 0.5) is 0 Å². The zero-order valence-corrected chi connectivity index (χ0v) is 30.8. The van der Waals surface area contributed by atoms with Gasteiger partial charge in [-0.05, 0) is 53.4 Å². The summed E-state index contributed by atoms with van der Waals surface area (Å²) in [7, 11) is 2.93. The van der Waals surface area contributed by atoms with Crippen LogP contribution in [0.1, 0.15) is 74.1 Å². The fourth-order valence-electron chi connectivity index (χ4n) is 7.08. The van der Waals surface area contributed by atoms with Crippen LogP contribution in [0, 0.1) is 17.8 Å². The Hall–Kier alpha value is -1.82. The molecule has 3 heterocycles. The summed E-state index contributed by atoms with van der Waals surface area (Å²) < 4.78 is 40.9. The van der Waals surface area contributed by atoms with E-state index in [2.05, 4.69) is 0 Å². The number of aliphatic hydroxyl groups excluding tert-OH is 3. The quantitative estimate of drug-likeness (QED) is 0.179. The molecular formula is C36H60O14. The van der Waals surface area contributed by atoms with Gasteiger partial charge in [-0.25, -0.2) is 4.79 Å². The van der Waals surface area contributed by atoms with E-state index in [-0.39, 0.29) is 31.7 Å². The first kappa shape index (κ1) is 42.6. The molecule has 0 aromatic heterocycles. The number of Topliss-reactive ketones (excluding diaryl/α,β-unsaturated/α-hetero) is 1. The molecule has 5 N–H and O–H groups in total. The highest BCUT2D eigenvalue weighted by molar-refractivity contribution is 5.86. The number of rotatable bonds is 8. The van der Waals surface area contributed by atoms with Crippen molar-refractivity contribution < 1.29 is 68.3 Å². The summed E-state index contributed by atoms with van der Waals surface area (Å²) in [6.07, 6.45) is -3.41. The molecule has 14 nitrogen and oxygen atoms in total. The summed E-state index contributed by atoms with van der Waals surface area (Å²) in [5, 5.41) is 54.3. The van der Waals surface area contributed by atoms with Gasteiger partial charge in [-0.1, -0.05) is 32.1 Å². The van der Waals surface area contributed by atoms with Crippen molar-refractivity contribution in [3.63, 3.8) is 0 Å². The van der Waals surface area contributed by atoms with Crippen molar-refractivity contribution in [3.8, 4) is 0 Å². The molecule has 288 valence electrons.